The first-order valence-electron chi connectivity index (χ1n) is 7.57. The minimum Gasteiger partial charge on any atom is -0.342 e. The Balaban J connectivity index is 3.09. The maximum absolute atomic E-state index is 12.3. The minimum atomic E-state index is -0.108. The lowest BCUT2D eigenvalue weighted by molar-refractivity contribution is -0.130. The van der Waals surface area contributed by atoms with Crippen LogP contribution in [0.5, 0.6) is 0 Å². The molecule has 0 aromatic heterocycles. The summed E-state index contributed by atoms with van der Waals surface area (Å²) >= 11 is 0. The molecule has 0 aliphatic rings. The molecular formula is C17H26N2O2. The van der Waals surface area contributed by atoms with Crippen LogP contribution in [-0.4, -0.2) is 36.3 Å². The topological polar surface area (TPSA) is 40.6 Å². The third-order valence-corrected chi connectivity index (χ3v) is 3.64. The summed E-state index contributed by atoms with van der Waals surface area (Å²) < 4.78 is 0. The monoisotopic (exact) mass is 290 g/mol. The first kappa shape index (κ1) is 17.2. The van der Waals surface area contributed by atoms with Gasteiger partial charge in [-0.1, -0.05) is 32.0 Å². The van der Waals surface area contributed by atoms with Crippen LogP contribution in [-0.2, 0) is 9.59 Å². The zero-order chi connectivity index (χ0) is 16.0. The fourth-order valence-corrected chi connectivity index (χ4v) is 2.40. The zero-order valence-corrected chi connectivity index (χ0v) is 13.7. The molecule has 0 aliphatic heterocycles. The van der Waals surface area contributed by atoms with Crippen molar-refractivity contribution in [3.63, 3.8) is 0 Å². The van der Waals surface area contributed by atoms with Crippen LogP contribution in [0.4, 0.5) is 5.69 Å². The molecule has 0 spiro atoms. The van der Waals surface area contributed by atoms with Crippen molar-refractivity contribution in [3.8, 4) is 0 Å². The molecule has 21 heavy (non-hydrogen) atoms. The lowest BCUT2D eigenvalue weighted by Gasteiger charge is -2.27. The number of nitrogens with zero attached hydrogens (tertiary/aromatic N) is 2. The maximum Gasteiger partial charge on any atom is 0.242 e. The SMILES string of the molecule is CCN(CC)C(=O)CN(C(C)=O)c1ccccc1C(C)C. The van der Waals surface area contributed by atoms with E-state index < -0.39 is 0 Å². The summed E-state index contributed by atoms with van der Waals surface area (Å²) in [6, 6.07) is 7.78. The standard InChI is InChI=1S/C17H26N2O2/c1-6-18(7-2)17(21)12-19(14(5)20)16-11-9-8-10-15(16)13(3)4/h8-11,13H,6-7,12H2,1-5H3. The molecule has 0 unspecified atom stereocenters. The summed E-state index contributed by atoms with van der Waals surface area (Å²) in [5.74, 6) is 0.170. The highest BCUT2D eigenvalue weighted by Crippen LogP contribution is 2.27. The van der Waals surface area contributed by atoms with Crippen molar-refractivity contribution in [1.82, 2.24) is 4.90 Å². The molecule has 2 amide bonds. The van der Waals surface area contributed by atoms with Gasteiger partial charge in [0.15, 0.2) is 0 Å². The highest BCUT2D eigenvalue weighted by atomic mass is 16.2. The predicted molar refractivity (Wildman–Crippen MR) is 86.5 cm³/mol. The third kappa shape index (κ3) is 4.31. The molecule has 0 radical (unpaired) electrons. The number of rotatable bonds is 6. The van der Waals surface area contributed by atoms with E-state index in [1.807, 2.05) is 38.1 Å². The van der Waals surface area contributed by atoms with E-state index in [0.717, 1.165) is 11.3 Å². The molecule has 0 bridgehead atoms. The van der Waals surface area contributed by atoms with E-state index >= 15 is 0 Å². The van der Waals surface area contributed by atoms with Crippen molar-refractivity contribution >= 4 is 17.5 Å². The minimum absolute atomic E-state index is 0.0197. The number of carbonyl (C=O) groups excluding carboxylic acids is 2. The number of hydrogen-bond donors (Lipinski definition) is 0. The number of benzene rings is 1. The van der Waals surface area contributed by atoms with Gasteiger partial charge in [-0.15, -0.1) is 0 Å². The van der Waals surface area contributed by atoms with Crippen LogP contribution in [0.15, 0.2) is 24.3 Å². The van der Waals surface area contributed by atoms with E-state index in [-0.39, 0.29) is 18.4 Å². The maximum atomic E-state index is 12.3. The molecule has 0 N–H and O–H groups in total. The molecule has 0 heterocycles. The average molecular weight is 290 g/mol. The Kier molecular flexibility index (Phi) is 6.40. The second kappa shape index (κ2) is 7.81. The Morgan fingerprint density at radius 2 is 1.67 bits per heavy atom. The highest BCUT2D eigenvalue weighted by Gasteiger charge is 2.21. The van der Waals surface area contributed by atoms with E-state index in [9.17, 15) is 9.59 Å². The average Bonchev–Trinajstić information content (AvgIpc) is 2.45. The van der Waals surface area contributed by atoms with E-state index in [2.05, 4.69) is 13.8 Å². The van der Waals surface area contributed by atoms with Crippen molar-refractivity contribution in [2.75, 3.05) is 24.5 Å². The van der Waals surface area contributed by atoms with Crippen LogP contribution in [0.1, 0.15) is 46.1 Å². The van der Waals surface area contributed by atoms with E-state index in [1.54, 1.807) is 9.80 Å². The Morgan fingerprint density at radius 1 is 1.10 bits per heavy atom. The van der Waals surface area contributed by atoms with Gasteiger partial charge >= 0.3 is 0 Å². The Morgan fingerprint density at radius 3 is 2.14 bits per heavy atom. The summed E-state index contributed by atoms with van der Waals surface area (Å²) in [6.07, 6.45) is 0. The van der Waals surface area contributed by atoms with Gasteiger partial charge in [0, 0.05) is 25.7 Å². The summed E-state index contributed by atoms with van der Waals surface area (Å²) in [5.41, 5.74) is 1.92. The van der Waals surface area contributed by atoms with E-state index in [4.69, 9.17) is 0 Å². The fourth-order valence-electron chi connectivity index (χ4n) is 2.40. The first-order chi connectivity index (χ1) is 9.92. The fraction of sp³-hybridized carbons (Fsp3) is 0.529. The van der Waals surface area contributed by atoms with Crippen LogP contribution in [0, 0.1) is 0 Å². The molecule has 116 valence electrons. The zero-order valence-electron chi connectivity index (χ0n) is 13.7. The molecule has 0 saturated carbocycles. The third-order valence-electron chi connectivity index (χ3n) is 3.64. The number of likely N-dealkylation sites (N-methyl/N-ethyl adjacent to an activating group) is 1. The Labute approximate surface area is 127 Å². The van der Waals surface area contributed by atoms with Crippen molar-refractivity contribution in [1.29, 1.82) is 0 Å². The van der Waals surface area contributed by atoms with Gasteiger partial charge in [-0.2, -0.15) is 0 Å². The number of amides is 2. The number of para-hydroxylation sites is 1. The molecule has 1 rings (SSSR count). The van der Waals surface area contributed by atoms with Gasteiger partial charge in [0.1, 0.15) is 6.54 Å². The van der Waals surface area contributed by atoms with Crippen LogP contribution in [0.25, 0.3) is 0 Å². The predicted octanol–water partition coefficient (Wildman–Crippen LogP) is 3.03. The van der Waals surface area contributed by atoms with E-state index in [0.29, 0.717) is 19.0 Å². The summed E-state index contributed by atoms with van der Waals surface area (Å²) in [7, 11) is 0. The lowest BCUT2D eigenvalue weighted by Crippen LogP contribution is -2.42. The van der Waals surface area contributed by atoms with Gasteiger partial charge in [0.05, 0.1) is 0 Å². The summed E-state index contributed by atoms with van der Waals surface area (Å²) in [4.78, 5) is 27.6. The normalized spacial score (nSPS) is 10.6. The Bertz CT molecular complexity index is 493. The Hall–Kier alpha value is -1.84. The van der Waals surface area contributed by atoms with Gasteiger partial charge in [-0.25, -0.2) is 0 Å². The van der Waals surface area contributed by atoms with Crippen molar-refractivity contribution in [2.45, 2.75) is 40.5 Å². The molecule has 4 nitrogen and oxygen atoms in total. The number of anilines is 1. The second-order valence-electron chi connectivity index (χ2n) is 5.38. The van der Waals surface area contributed by atoms with Gasteiger partial charge in [0.2, 0.25) is 11.8 Å². The van der Waals surface area contributed by atoms with Crippen LogP contribution >= 0.6 is 0 Å². The molecule has 4 heteroatoms. The highest BCUT2D eigenvalue weighted by molar-refractivity contribution is 5.98. The van der Waals surface area contributed by atoms with Crippen molar-refractivity contribution in [3.05, 3.63) is 29.8 Å². The van der Waals surface area contributed by atoms with E-state index in [1.165, 1.54) is 6.92 Å². The number of hydrogen-bond acceptors (Lipinski definition) is 2. The number of carbonyl (C=O) groups is 2. The first-order valence-corrected chi connectivity index (χ1v) is 7.57. The van der Waals surface area contributed by atoms with Crippen LogP contribution in [0.3, 0.4) is 0 Å². The lowest BCUT2D eigenvalue weighted by atomic mass is 10.0. The van der Waals surface area contributed by atoms with Gasteiger partial charge in [0.25, 0.3) is 0 Å². The van der Waals surface area contributed by atoms with Gasteiger partial charge in [-0.3, -0.25) is 9.59 Å². The van der Waals surface area contributed by atoms with Crippen LogP contribution < -0.4 is 4.90 Å². The van der Waals surface area contributed by atoms with Gasteiger partial charge < -0.3 is 9.80 Å². The molecule has 0 atom stereocenters. The quantitative estimate of drug-likeness (QED) is 0.808. The molecular weight excluding hydrogens is 264 g/mol. The smallest absolute Gasteiger partial charge is 0.242 e. The molecule has 0 fully saturated rings. The van der Waals surface area contributed by atoms with Crippen LogP contribution in [0.2, 0.25) is 0 Å². The summed E-state index contributed by atoms with van der Waals surface area (Å²) in [5, 5.41) is 0. The molecule has 0 aliphatic carbocycles. The molecule has 1 aromatic carbocycles. The van der Waals surface area contributed by atoms with Crippen molar-refractivity contribution < 1.29 is 9.59 Å². The summed E-state index contributed by atoms with van der Waals surface area (Å²) in [6.45, 7) is 11.0. The second-order valence-corrected chi connectivity index (χ2v) is 5.38. The largest absolute Gasteiger partial charge is 0.342 e. The molecule has 1 aromatic rings. The van der Waals surface area contributed by atoms with Gasteiger partial charge in [-0.05, 0) is 31.4 Å². The molecule has 0 saturated heterocycles. The van der Waals surface area contributed by atoms with Crippen molar-refractivity contribution in [2.24, 2.45) is 0 Å².